The molecular formula is C16H24FN3O4S. The molecule has 1 heterocycles. The largest absolute Gasteiger partial charge is 0.383 e. The molecule has 9 heteroatoms. The topological polar surface area (TPSA) is 87.7 Å². The van der Waals surface area contributed by atoms with E-state index in [0.29, 0.717) is 32.8 Å². The first-order valence-corrected chi connectivity index (χ1v) is 9.72. The fraction of sp³-hybridized carbons (Fsp3) is 0.562. The van der Waals surface area contributed by atoms with E-state index in [9.17, 15) is 17.6 Å². The summed E-state index contributed by atoms with van der Waals surface area (Å²) in [6, 6.07) is 3.39. The molecule has 2 rings (SSSR count). The molecule has 1 fully saturated rings. The van der Waals surface area contributed by atoms with Crippen LogP contribution in [0.4, 0.5) is 4.39 Å². The van der Waals surface area contributed by atoms with Gasteiger partial charge in [-0.2, -0.15) is 0 Å². The molecule has 1 aromatic carbocycles. The Morgan fingerprint density at radius 2 is 1.96 bits per heavy atom. The SMILES string of the molecule is COCCNCCNS(=O)(=O)c1ccc(C(=O)N2CCCC2)c(F)c1. The average Bonchev–Trinajstić information content (AvgIpc) is 3.12. The summed E-state index contributed by atoms with van der Waals surface area (Å²) in [6.07, 6.45) is 1.81. The molecule has 0 aromatic heterocycles. The second-order valence-corrected chi connectivity index (χ2v) is 7.55. The molecule has 1 saturated heterocycles. The van der Waals surface area contributed by atoms with E-state index in [1.54, 1.807) is 12.0 Å². The number of nitrogens with zero attached hydrogens (tertiary/aromatic N) is 1. The van der Waals surface area contributed by atoms with Crippen molar-refractivity contribution in [1.29, 1.82) is 0 Å². The highest BCUT2D eigenvalue weighted by Crippen LogP contribution is 2.19. The Balaban J connectivity index is 1.97. The van der Waals surface area contributed by atoms with Crippen molar-refractivity contribution in [3.8, 4) is 0 Å². The lowest BCUT2D eigenvalue weighted by Crippen LogP contribution is -2.33. The Kier molecular flexibility index (Phi) is 7.30. The highest BCUT2D eigenvalue weighted by atomic mass is 32.2. The van der Waals surface area contributed by atoms with Gasteiger partial charge in [-0.3, -0.25) is 4.79 Å². The predicted molar refractivity (Wildman–Crippen MR) is 91.5 cm³/mol. The maximum absolute atomic E-state index is 14.2. The molecular weight excluding hydrogens is 349 g/mol. The summed E-state index contributed by atoms with van der Waals surface area (Å²) in [7, 11) is -2.24. The fourth-order valence-corrected chi connectivity index (χ4v) is 3.63. The van der Waals surface area contributed by atoms with Crippen LogP contribution in [-0.2, 0) is 14.8 Å². The lowest BCUT2D eigenvalue weighted by atomic mass is 10.2. The van der Waals surface area contributed by atoms with E-state index in [2.05, 4.69) is 10.0 Å². The molecule has 2 N–H and O–H groups in total. The van der Waals surface area contributed by atoms with Crippen LogP contribution in [0.5, 0.6) is 0 Å². The van der Waals surface area contributed by atoms with Crippen LogP contribution >= 0.6 is 0 Å². The van der Waals surface area contributed by atoms with E-state index in [0.717, 1.165) is 18.9 Å². The Morgan fingerprint density at radius 1 is 1.24 bits per heavy atom. The van der Waals surface area contributed by atoms with Crippen molar-refractivity contribution in [3.05, 3.63) is 29.6 Å². The number of hydrogen-bond donors (Lipinski definition) is 2. The van der Waals surface area contributed by atoms with Crippen molar-refractivity contribution in [1.82, 2.24) is 14.9 Å². The van der Waals surface area contributed by atoms with Gasteiger partial charge < -0.3 is 15.0 Å². The molecule has 0 spiro atoms. The first-order chi connectivity index (χ1) is 12.0. The van der Waals surface area contributed by atoms with Crippen LogP contribution in [0.2, 0.25) is 0 Å². The average molecular weight is 373 g/mol. The van der Waals surface area contributed by atoms with E-state index in [4.69, 9.17) is 4.74 Å². The maximum atomic E-state index is 14.2. The molecule has 140 valence electrons. The standard InChI is InChI=1S/C16H24FN3O4S/c1-24-11-8-18-6-7-19-25(22,23)13-4-5-14(15(17)12-13)16(21)20-9-2-3-10-20/h4-5,12,18-19H,2-3,6-11H2,1H3. The van der Waals surface area contributed by atoms with E-state index in [1.165, 1.54) is 12.1 Å². The van der Waals surface area contributed by atoms with E-state index >= 15 is 0 Å². The molecule has 0 atom stereocenters. The molecule has 1 aliphatic heterocycles. The van der Waals surface area contributed by atoms with Crippen LogP contribution in [-0.4, -0.2) is 65.7 Å². The van der Waals surface area contributed by atoms with Crippen LogP contribution in [0.3, 0.4) is 0 Å². The number of halogens is 1. The van der Waals surface area contributed by atoms with Gasteiger partial charge in [-0.25, -0.2) is 17.5 Å². The summed E-state index contributed by atoms with van der Waals surface area (Å²) >= 11 is 0. The number of hydrogen-bond acceptors (Lipinski definition) is 5. The van der Waals surface area contributed by atoms with Crippen LogP contribution in [0.1, 0.15) is 23.2 Å². The predicted octanol–water partition coefficient (Wildman–Crippen LogP) is 0.576. The van der Waals surface area contributed by atoms with Crippen LogP contribution in [0, 0.1) is 5.82 Å². The van der Waals surface area contributed by atoms with Gasteiger partial charge >= 0.3 is 0 Å². The molecule has 0 aliphatic carbocycles. The number of sulfonamides is 1. The van der Waals surface area contributed by atoms with Crippen molar-refractivity contribution in [3.63, 3.8) is 0 Å². The summed E-state index contributed by atoms with van der Waals surface area (Å²) in [5.41, 5.74) is -0.0953. The minimum absolute atomic E-state index is 0.0953. The van der Waals surface area contributed by atoms with Gasteiger partial charge in [-0.05, 0) is 31.0 Å². The number of rotatable bonds is 9. The van der Waals surface area contributed by atoms with E-state index in [-0.39, 0.29) is 17.0 Å². The summed E-state index contributed by atoms with van der Waals surface area (Å²) < 4.78 is 45.9. The molecule has 0 radical (unpaired) electrons. The quantitative estimate of drug-likeness (QED) is 0.618. The van der Waals surface area contributed by atoms with Gasteiger partial charge in [0, 0.05) is 39.8 Å². The second kappa shape index (κ2) is 9.23. The third kappa shape index (κ3) is 5.46. The van der Waals surface area contributed by atoms with Gasteiger partial charge in [0.25, 0.3) is 5.91 Å². The number of amides is 1. The van der Waals surface area contributed by atoms with Gasteiger partial charge in [-0.15, -0.1) is 0 Å². The van der Waals surface area contributed by atoms with Crippen molar-refractivity contribution in [2.24, 2.45) is 0 Å². The number of methoxy groups -OCH3 is 1. The highest BCUT2D eigenvalue weighted by Gasteiger charge is 2.24. The summed E-state index contributed by atoms with van der Waals surface area (Å²) in [5, 5.41) is 3.00. The lowest BCUT2D eigenvalue weighted by molar-refractivity contribution is 0.0788. The Morgan fingerprint density at radius 3 is 2.60 bits per heavy atom. The zero-order chi connectivity index (χ0) is 18.3. The Hall–Kier alpha value is -1.55. The summed E-state index contributed by atoms with van der Waals surface area (Å²) in [6.45, 7) is 2.95. The Bertz CT molecular complexity index is 691. The number of carbonyl (C=O) groups is 1. The van der Waals surface area contributed by atoms with Crippen LogP contribution in [0.15, 0.2) is 23.1 Å². The maximum Gasteiger partial charge on any atom is 0.256 e. The fourth-order valence-electron chi connectivity index (χ4n) is 2.58. The zero-order valence-corrected chi connectivity index (χ0v) is 15.1. The van der Waals surface area contributed by atoms with Crippen molar-refractivity contribution in [2.75, 3.05) is 46.4 Å². The van der Waals surface area contributed by atoms with Crippen LogP contribution in [0.25, 0.3) is 0 Å². The molecule has 0 unspecified atom stereocenters. The molecule has 7 nitrogen and oxygen atoms in total. The molecule has 0 saturated carbocycles. The zero-order valence-electron chi connectivity index (χ0n) is 14.3. The number of nitrogens with one attached hydrogen (secondary N) is 2. The monoisotopic (exact) mass is 373 g/mol. The van der Waals surface area contributed by atoms with Gasteiger partial charge in [0.1, 0.15) is 5.82 Å². The molecule has 0 bridgehead atoms. The highest BCUT2D eigenvalue weighted by molar-refractivity contribution is 7.89. The molecule has 25 heavy (non-hydrogen) atoms. The van der Waals surface area contributed by atoms with E-state index < -0.39 is 21.7 Å². The third-order valence-electron chi connectivity index (χ3n) is 3.95. The van der Waals surface area contributed by atoms with Gasteiger partial charge in [-0.1, -0.05) is 0 Å². The first kappa shape index (κ1) is 19.8. The molecule has 1 amide bonds. The van der Waals surface area contributed by atoms with Gasteiger partial charge in [0.05, 0.1) is 17.1 Å². The van der Waals surface area contributed by atoms with Crippen molar-refractivity contribution < 1.29 is 22.3 Å². The number of ether oxygens (including phenoxy) is 1. The van der Waals surface area contributed by atoms with E-state index in [1.807, 2.05) is 0 Å². The smallest absolute Gasteiger partial charge is 0.256 e. The first-order valence-electron chi connectivity index (χ1n) is 8.24. The minimum atomic E-state index is -3.82. The lowest BCUT2D eigenvalue weighted by Gasteiger charge is -2.16. The number of carbonyl (C=O) groups excluding carboxylic acids is 1. The summed E-state index contributed by atoms with van der Waals surface area (Å²) in [4.78, 5) is 13.6. The van der Waals surface area contributed by atoms with Gasteiger partial charge in [0.15, 0.2) is 0 Å². The molecule has 1 aromatic rings. The summed E-state index contributed by atoms with van der Waals surface area (Å²) in [5.74, 6) is -1.22. The van der Waals surface area contributed by atoms with Crippen molar-refractivity contribution in [2.45, 2.75) is 17.7 Å². The minimum Gasteiger partial charge on any atom is -0.383 e. The molecule has 1 aliphatic rings. The van der Waals surface area contributed by atoms with Crippen molar-refractivity contribution >= 4 is 15.9 Å². The number of likely N-dealkylation sites (tertiary alicyclic amines) is 1. The third-order valence-corrected chi connectivity index (χ3v) is 5.41. The van der Waals surface area contributed by atoms with Gasteiger partial charge in [0.2, 0.25) is 10.0 Å². The second-order valence-electron chi connectivity index (χ2n) is 5.78. The van der Waals surface area contributed by atoms with Crippen LogP contribution < -0.4 is 10.0 Å². The Labute approximate surface area is 147 Å². The number of benzene rings is 1. The normalized spacial score (nSPS) is 14.9.